The minimum absolute atomic E-state index is 0.136. The molecule has 2 aromatic rings. The van der Waals surface area contributed by atoms with Crippen molar-refractivity contribution >= 4 is 17.4 Å². The lowest BCUT2D eigenvalue weighted by Gasteiger charge is -2.09. The molecule has 0 spiro atoms. The van der Waals surface area contributed by atoms with Crippen molar-refractivity contribution in [1.29, 1.82) is 0 Å². The molecule has 0 saturated carbocycles. The van der Waals surface area contributed by atoms with Gasteiger partial charge < -0.3 is 5.32 Å². The Hall–Kier alpha value is -1.61. The molecule has 1 aromatic heterocycles. The molecule has 0 radical (unpaired) electrons. The van der Waals surface area contributed by atoms with Gasteiger partial charge in [-0.25, -0.2) is 9.37 Å². The van der Waals surface area contributed by atoms with Crippen molar-refractivity contribution in [1.82, 2.24) is 4.98 Å². The lowest BCUT2D eigenvalue weighted by Crippen LogP contribution is -2.02. The second-order valence-corrected chi connectivity index (χ2v) is 4.70. The summed E-state index contributed by atoms with van der Waals surface area (Å²) in [6.45, 7) is 4.15. The van der Waals surface area contributed by atoms with Gasteiger partial charge in [0.25, 0.3) is 0 Å². The predicted octanol–water partition coefficient (Wildman–Crippen LogP) is 4.10. The van der Waals surface area contributed by atoms with Gasteiger partial charge in [-0.15, -0.1) is 0 Å². The summed E-state index contributed by atoms with van der Waals surface area (Å²) in [6, 6.07) is 7.26. The number of benzene rings is 1. The van der Waals surface area contributed by atoms with Gasteiger partial charge in [-0.2, -0.15) is 0 Å². The summed E-state index contributed by atoms with van der Waals surface area (Å²) in [5, 5.41) is 3.78. The molecular formula is C14H14ClFN2. The van der Waals surface area contributed by atoms with E-state index in [2.05, 4.69) is 10.3 Å². The highest BCUT2D eigenvalue weighted by Crippen LogP contribution is 2.16. The quantitative estimate of drug-likeness (QED) is 0.903. The number of nitrogens with one attached hydrogen (secondary N) is 1. The van der Waals surface area contributed by atoms with Crippen LogP contribution in [0.25, 0.3) is 0 Å². The number of nitrogens with zero attached hydrogens (tertiary/aromatic N) is 1. The Morgan fingerprint density at radius 1 is 1.22 bits per heavy atom. The number of aryl methyl sites for hydroxylation is 2. The molecule has 0 aliphatic carbocycles. The van der Waals surface area contributed by atoms with Crippen molar-refractivity contribution in [2.24, 2.45) is 0 Å². The summed E-state index contributed by atoms with van der Waals surface area (Å²) in [5.41, 5.74) is 2.36. The monoisotopic (exact) mass is 264 g/mol. The number of hydrogen-bond donors (Lipinski definition) is 1. The summed E-state index contributed by atoms with van der Waals surface area (Å²) in [4.78, 5) is 4.14. The Balaban J connectivity index is 2.08. The summed E-state index contributed by atoms with van der Waals surface area (Å²) in [7, 11) is 0. The van der Waals surface area contributed by atoms with Gasteiger partial charge in [0.15, 0.2) is 0 Å². The summed E-state index contributed by atoms with van der Waals surface area (Å²) in [6.07, 6.45) is 1.59. The molecule has 0 unspecified atom stereocenters. The Kier molecular flexibility index (Phi) is 3.82. The van der Waals surface area contributed by atoms with E-state index in [9.17, 15) is 4.39 Å². The Labute approximate surface area is 111 Å². The first-order chi connectivity index (χ1) is 8.56. The number of hydrogen-bond acceptors (Lipinski definition) is 2. The molecule has 18 heavy (non-hydrogen) atoms. The van der Waals surface area contributed by atoms with Gasteiger partial charge in [0.05, 0.1) is 5.02 Å². The van der Waals surface area contributed by atoms with Crippen molar-refractivity contribution in [3.8, 4) is 0 Å². The molecule has 1 heterocycles. The second-order valence-electron chi connectivity index (χ2n) is 4.26. The van der Waals surface area contributed by atoms with E-state index < -0.39 is 0 Å². The van der Waals surface area contributed by atoms with Crippen LogP contribution >= 0.6 is 11.6 Å². The van der Waals surface area contributed by atoms with Gasteiger partial charge in [-0.05, 0) is 42.7 Å². The number of halogens is 2. The van der Waals surface area contributed by atoms with E-state index in [1.54, 1.807) is 26.1 Å². The smallest absolute Gasteiger partial charge is 0.129 e. The lowest BCUT2D eigenvalue weighted by atomic mass is 10.1. The largest absolute Gasteiger partial charge is 0.366 e. The number of rotatable bonds is 3. The van der Waals surface area contributed by atoms with Crippen molar-refractivity contribution in [2.75, 3.05) is 5.32 Å². The van der Waals surface area contributed by atoms with Crippen LogP contribution < -0.4 is 5.32 Å². The molecule has 2 rings (SSSR count). The van der Waals surface area contributed by atoms with E-state index in [1.807, 2.05) is 18.2 Å². The predicted molar refractivity (Wildman–Crippen MR) is 72.4 cm³/mol. The topological polar surface area (TPSA) is 24.9 Å². The first-order valence-corrected chi connectivity index (χ1v) is 6.05. The molecule has 4 heteroatoms. The van der Waals surface area contributed by atoms with Crippen LogP contribution in [0.3, 0.4) is 0 Å². The first-order valence-electron chi connectivity index (χ1n) is 5.67. The van der Waals surface area contributed by atoms with Gasteiger partial charge in [0, 0.05) is 12.7 Å². The third kappa shape index (κ3) is 2.99. The molecule has 0 fully saturated rings. The van der Waals surface area contributed by atoms with Gasteiger partial charge in [-0.1, -0.05) is 23.7 Å². The van der Waals surface area contributed by atoms with Crippen LogP contribution in [0.5, 0.6) is 0 Å². The minimum atomic E-state index is -0.136. The fourth-order valence-corrected chi connectivity index (χ4v) is 1.92. The Bertz CT molecular complexity index is 529. The highest BCUT2D eigenvalue weighted by molar-refractivity contribution is 6.30. The maximum Gasteiger partial charge on any atom is 0.129 e. The van der Waals surface area contributed by atoms with Crippen LogP contribution in [0, 0.1) is 19.7 Å². The summed E-state index contributed by atoms with van der Waals surface area (Å²) in [5.74, 6) is 0.613. The van der Waals surface area contributed by atoms with Crippen LogP contribution in [0.15, 0.2) is 30.5 Å². The van der Waals surface area contributed by atoms with Gasteiger partial charge in [0.2, 0.25) is 0 Å². The molecular weight excluding hydrogens is 251 g/mol. The van der Waals surface area contributed by atoms with Crippen LogP contribution in [0.1, 0.15) is 16.7 Å². The van der Waals surface area contributed by atoms with Gasteiger partial charge in [-0.3, -0.25) is 0 Å². The van der Waals surface area contributed by atoms with Crippen LogP contribution in [0.2, 0.25) is 5.02 Å². The standard InChI is InChI=1S/C14H14ClFN2/c1-9-5-11(6-10(2)14(9)16)7-17-13-4-3-12(15)8-18-13/h3-6,8H,7H2,1-2H3,(H,17,18). The average molecular weight is 265 g/mol. The third-order valence-electron chi connectivity index (χ3n) is 2.70. The molecule has 0 atom stereocenters. The molecule has 2 nitrogen and oxygen atoms in total. The maximum atomic E-state index is 13.5. The molecule has 0 amide bonds. The van der Waals surface area contributed by atoms with E-state index in [0.29, 0.717) is 22.7 Å². The SMILES string of the molecule is Cc1cc(CNc2ccc(Cl)cn2)cc(C)c1F. The van der Waals surface area contributed by atoms with Crippen molar-refractivity contribution < 1.29 is 4.39 Å². The molecule has 0 saturated heterocycles. The molecule has 1 aromatic carbocycles. The first kappa shape index (κ1) is 12.8. The number of anilines is 1. The molecule has 0 bridgehead atoms. The third-order valence-corrected chi connectivity index (χ3v) is 2.92. The van der Waals surface area contributed by atoms with E-state index in [0.717, 1.165) is 11.4 Å². The number of aromatic nitrogens is 1. The van der Waals surface area contributed by atoms with Crippen LogP contribution in [0.4, 0.5) is 10.2 Å². The van der Waals surface area contributed by atoms with E-state index >= 15 is 0 Å². The van der Waals surface area contributed by atoms with Crippen LogP contribution in [-0.4, -0.2) is 4.98 Å². The highest BCUT2D eigenvalue weighted by atomic mass is 35.5. The fourth-order valence-electron chi connectivity index (χ4n) is 1.81. The zero-order chi connectivity index (χ0) is 13.1. The molecule has 0 aliphatic rings. The maximum absolute atomic E-state index is 13.5. The van der Waals surface area contributed by atoms with Gasteiger partial charge in [0.1, 0.15) is 11.6 Å². The van der Waals surface area contributed by atoms with Crippen molar-refractivity contribution in [3.05, 3.63) is 58.0 Å². The summed E-state index contributed by atoms with van der Waals surface area (Å²) < 4.78 is 13.5. The van der Waals surface area contributed by atoms with E-state index in [1.165, 1.54) is 0 Å². The minimum Gasteiger partial charge on any atom is -0.366 e. The molecule has 0 aliphatic heterocycles. The Morgan fingerprint density at radius 3 is 2.44 bits per heavy atom. The van der Waals surface area contributed by atoms with E-state index in [4.69, 9.17) is 11.6 Å². The number of pyridine rings is 1. The van der Waals surface area contributed by atoms with E-state index in [-0.39, 0.29) is 5.82 Å². The normalized spacial score (nSPS) is 10.4. The van der Waals surface area contributed by atoms with Crippen molar-refractivity contribution in [2.45, 2.75) is 20.4 Å². The molecule has 94 valence electrons. The lowest BCUT2D eigenvalue weighted by molar-refractivity contribution is 0.608. The zero-order valence-electron chi connectivity index (χ0n) is 10.3. The van der Waals surface area contributed by atoms with Crippen LogP contribution in [-0.2, 0) is 6.54 Å². The average Bonchev–Trinajstić information content (AvgIpc) is 2.35. The van der Waals surface area contributed by atoms with Gasteiger partial charge >= 0.3 is 0 Å². The molecule has 1 N–H and O–H groups in total. The highest BCUT2D eigenvalue weighted by Gasteiger charge is 2.04. The second kappa shape index (κ2) is 5.36. The Morgan fingerprint density at radius 2 is 1.89 bits per heavy atom. The zero-order valence-corrected chi connectivity index (χ0v) is 11.1. The van der Waals surface area contributed by atoms with Crippen molar-refractivity contribution in [3.63, 3.8) is 0 Å². The fraction of sp³-hybridized carbons (Fsp3) is 0.214. The summed E-state index contributed by atoms with van der Waals surface area (Å²) >= 11 is 5.76.